The van der Waals surface area contributed by atoms with Gasteiger partial charge in [0.05, 0.1) is 18.7 Å². The highest BCUT2D eigenvalue weighted by atomic mass is 32.2. The molecule has 1 aromatic rings. The molecule has 0 spiro atoms. The molecule has 3 N–H and O–H groups in total. The van der Waals surface area contributed by atoms with Gasteiger partial charge in [-0.25, -0.2) is 5.43 Å². The Kier molecular flexibility index (Phi) is 5.73. The zero-order valence-electron chi connectivity index (χ0n) is 12.2. The number of carbonyl (C=O) groups is 1. The Morgan fingerprint density at radius 2 is 2.32 bits per heavy atom. The SMILES string of the molecule is CNN/C(=N\CSCC(=O)O)c1cc(OC)c2c(c1)OCO2. The molecule has 0 amide bonds. The van der Waals surface area contributed by atoms with Crippen LogP contribution in [0, 0.1) is 0 Å². The van der Waals surface area contributed by atoms with E-state index >= 15 is 0 Å². The summed E-state index contributed by atoms with van der Waals surface area (Å²) >= 11 is 1.20. The fraction of sp³-hybridized carbons (Fsp3) is 0.385. The summed E-state index contributed by atoms with van der Waals surface area (Å²) in [6.07, 6.45) is 0. The van der Waals surface area contributed by atoms with Crippen molar-refractivity contribution < 1.29 is 24.1 Å². The number of amidine groups is 1. The lowest BCUT2D eigenvalue weighted by Crippen LogP contribution is -2.35. The zero-order chi connectivity index (χ0) is 15.9. The molecule has 0 bridgehead atoms. The maximum absolute atomic E-state index is 10.5. The smallest absolute Gasteiger partial charge is 0.313 e. The predicted octanol–water partition coefficient (Wildman–Crippen LogP) is 0.670. The molecule has 120 valence electrons. The molecule has 0 atom stereocenters. The number of hydrazine groups is 1. The molecule has 22 heavy (non-hydrogen) atoms. The summed E-state index contributed by atoms with van der Waals surface area (Å²) < 4.78 is 16.0. The quantitative estimate of drug-likeness (QED) is 0.291. The van der Waals surface area contributed by atoms with Crippen LogP contribution in [0.1, 0.15) is 5.56 Å². The van der Waals surface area contributed by atoms with Gasteiger partial charge in [0, 0.05) is 12.6 Å². The molecule has 0 radical (unpaired) electrons. The van der Waals surface area contributed by atoms with Gasteiger partial charge in [0.15, 0.2) is 11.5 Å². The summed E-state index contributed by atoms with van der Waals surface area (Å²) in [6, 6.07) is 3.56. The Labute approximate surface area is 131 Å². The standard InChI is InChI=1S/C13H17N3O5S/c1-14-16-13(15-6-22-5-11(17)18)8-3-9(19-2)12-10(4-8)20-7-21-12/h3-4,14H,5-7H2,1-2H3,(H,15,16)(H,17,18). The number of carboxylic acid groups (broad SMARTS) is 1. The first kappa shape index (κ1) is 16.2. The number of methoxy groups -OCH3 is 1. The van der Waals surface area contributed by atoms with Crippen molar-refractivity contribution in [2.75, 3.05) is 32.6 Å². The summed E-state index contributed by atoms with van der Waals surface area (Å²) in [6.45, 7) is 0.148. The van der Waals surface area contributed by atoms with Gasteiger partial charge in [-0.05, 0) is 12.1 Å². The number of ether oxygens (including phenoxy) is 3. The van der Waals surface area contributed by atoms with Crippen molar-refractivity contribution in [1.82, 2.24) is 10.9 Å². The molecule has 1 aromatic carbocycles. The van der Waals surface area contributed by atoms with E-state index in [0.29, 0.717) is 29.0 Å². The van der Waals surface area contributed by atoms with Crippen LogP contribution in [0.25, 0.3) is 0 Å². The number of rotatable bonds is 7. The largest absolute Gasteiger partial charge is 0.493 e. The van der Waals surface area contributed by atoms with Crippen LogP contribution < -0.4 is 25.1 Å². The van der Waals surface area contributed by atoms with Gasteiger partial charge in [0.25, 0.3) is 0 Å². The van der Waals surface area contributed by atoms with Crippen molar-refractivity contribution in [2.45, 2.75) is 0 Å². The van der Waals surface area contributed by atoms with E-state index < -0.39 is 5.97 Å². The number of aliphatic carboxylic acids is 1. The number of aliphatic imine (C=N–C) groups is 1. The normalized spacial score (nSPS) is 13.1. The van der Waals surface area contributed by atoms with E-state index in [9.17, 15) is 4.79 Å². The average molecular weight is 327 g/mol. The summed E-state index contributed by atoms with van der Waals surface area (Å²) in [7, 11) is 3.26. The van der Waals surface area contributed by atoms with Crippen molar-refractivity contribution in [3.05, 3.63) is 17.7 Å². The van der Waals surface area contributed by atoms with Gasteiger partial charge in [0.1, 0.15) is 5.84 Å². The lowest BCUT2D eigenvalue weighted by Gasteiger charge is -2.12. The molecule has 1 aliphatic rings. The van der Waals surface area contributed by atoms with E-state index in [-0.39, 0.29) is 12.5 Å². The Balaban J connectivity index is 2.20. The van der Waals surface area contributed by atoms with Crippen LogP contribution in [0.15, 0.2) is 17.1 Å². The highest BCUT2D eigenvalue weighted by Gasteiger charge is 2.21. The lowest BCUT2D eigenvalue weighted by molar-refractivity contribution is -0.133. The number of hydrogen-bond acceptors (Lipinski definition) is 7. The van der Waals surface area contributed by atoms with Crippen LogP contribution in [0.4, 0.5) is 0 Å². The molecule has 1 aliphatic heterocycles. The molecule has 0 saturated carbocycles. The fourth-order valence-corrected chi connectivity index (χ4v) is 2.32. The third-order valence-electron chi connectivity index (χ3n) is 2.71. The van der Waals surface area contributed by atoms with Crippen LogP contribution in [-0.2, 0) is 4.79 Å². The minimum Gasteiger partial charge on any atom is -0.493 e. The van der Waals surface area contributed by atoms with Gasteiger partial charge in [-0.3, -0.25) is 9.79 Å². The van der Waals surface area contributed by atoms with Crippen molar-refractivity contribution in [3.63, 3.8) is 0 Å². The van der Waals surface area contributed by atoms with Gasteiger partial charge in [-0.2, -0.15) is 0 Å². The van der Waals surface area contributed by atoms with Gasteiger partial charge in [0.2, 0.25) is 12.5 Å². The molecule has 8 nitrogen and oxygen atoms in total. The van der Waals surface area contributed by atoms with Crippen molar-refractivity contribution in [2.24, 2.45) is 4.99 Å². The van der Waals surface area contributed by atoms with E-state index in [4.69, 9.17) is 19.3 Å². The van der Waals surface area contributed by atoms with Crippen LogP contribution >= 0.6 is 11.8 Å². The topological polar surface area (TPSA) is 101 Å². The number of carboxylic acids is 1. The molecule has 1 heterocycles. The Morgan fingerprint density at radius 3 is 3.00 bits per heavy atom. The average Bonchev–Trinajstić information content (AvgIpc) is 2.97. The van der Waals surface area contributed by atoms with E-state index in [1.54, 1.807) is 26.3 Å². The minimum atomic E-state index is -0.868. The van der Waals surface area contributed by atoms with Crippen LogP contribution in [-0.4, -0.2) is 49.5 Å². The number of nitrogens with one attached hydrogen (secondary N) is 2. The number of benzene rings is 1. The lowest BCUT2D eigenvalue weighted by atomic mass is 10.1. The monoisotopic (exact) mass is 327 g/mol. The number of thioether (sulfide) groups is 1. The van der Waals surface area contributed by atoms with Gasteiger partial charge in [-0.1, -0.05) is 0 Å². The Bertz CT molecular complexity index is 579. The van der Waals surface area contributed by atoms with E-state index in [0.717, 1.165) is 5.56 Å². The molecule has 0 unspecified atom stereocenters. The molecule has 9 heteroatoms. The zero-order valence-corrected chi connectivity index (χ0v) is 13.0. The molecular formula is C13H17N3O5S. The first-order valence-electron chi connectivity index (χ1n) is 6.40. The summed E-state index contributed by atoms with van der Waals surface area (Å²) in [4.78, 5) is 14.9. The highest BCUT2D eigenvalue weighted by molar-refractivity contribution is 7.99. The van der Waals surface area contributed by atoms with Crippen LogP contribution in [0.5, 0.6) is 17.2 Å². The van der Waals surface area contributed by atoms with E-state index in [2.05, 4.69) is 15.8 Å². The molecule has 0 saturated heterocycles. The fourth-order valence-electron chi connectivity index (χ4n) is 1.83. The second kappa shape index (κ2) is 7.76. The van der Waals surface area contributed by atoms with Crippen molar-refractivity contribution >= 4 is 23.6 Å². The maximum atomic E-state index is 10.5. The third kappa shape index (κ3) is 3.95. The highest BCUT2D eigenvalue weighted by Crippen LogP contribution is 2.41. The minimum absolute atomic E-state index is 0.000787. The third-order valence-corrected chi connectivity index (χ3v) is 3.48. The van der Waals surface area contributed by atoms with Gasteiger partial charge < -0.3 is 24.7 Å². The van der Waals surface area contributed by atoms with Crippen LogP contribution in [0.2, 0.25) is 0 Å². The van der Waals surface area contributed by atoms with Gasteiger partial charge in [-0.15, -0.1) is 11.8 Å². The van der Waals surface area contributed by atoms with Gasteiger partial charge >= 0.3 is 5.97 Å². The summed E-state index contributed by atoms with van der Waals surface area (Å²) in [5, 5.41) is 8.63. The Morgan fingerprint density at radius 1 is 1.50 bits per heavy atom. The second-order valence-electron chi connectivity index (χ2n) is 4.17. The number of nitrogens with zero attached hydrogens (tertiary/aromatic N) is 1. The molecule has 0 aliphatic carbocycles. The van der Waals surface area contributed by atoms with E-state index in [1.807, 2.05) is 0 Å². The first-order valence-corrected chi connectivity index (χ1v) is 7.56. The number of hydrogen-bond donors (Lipinski definition) is 3. The maximum Gasteiger partial charge on any atom is 0.313 e. The van der Waals surface area contributed by atoms with Crippen LogP contribution in [0.3, 0.4) is 0 Å². The Hall–Kier alpha value is -2.13. The molecule has 2 rings (SSSR count). The summed E-state index contributed by atoms with van der Waals surface area (Å²) in [5.41, 5.74) is 6.46. The first-order chi connectivity index (χ1) is 10.7. The second-order valence-corrected chi connectivity index (χ2v) is 5.12. The van der Waals surface area contributed by atoms with Crippen molar-refractivity contribution in [1.29, 1.82) is 0 Å². The van der Waals surface area contributed by atoms with E-state index in [1.165, 1.54) is 11.8 Å². The molecule has 0 fully saturated rings. The summed E-state index contributed by atoms with van der Waals surface area (Å²) in [5.74, 6) is 1.70. The van der Waals surface area contributed by atoms with Crippen molar-refractivity contribution in [3.8, 4) is 17.2 Å². The molecular weight excluding hydrogens is 310 g/mol. The predicted molar refractivity (Wildman–Crippen MR) is 82.8 cm³/mol. The number of fused-ring (bicyclic) bond motifs is 1. The molecule has 0 aromatic heterocycles.